The number of allylic oxidation sites excluding steroid dienone is 16. The highest BCUT2D eigenvalue weighted by atomic mass is 16.6. The van der Waals surface area contributed by atoms with E-state index in [2.05, 4.69) is 118 Å². The predicted molar refractivity (Wildman–Crippen MR) is 334 cm³/mol. The van der Waals surface area contributed by atoms with Crippen LogP contribution in [0.15, 0.2) is 97.2 Å². The van der Waals surface area contributed by atoms with Gasteiger partial charge in [-0.1, -0.05) is 266 Å². The summed E-state index contributed by atoms with van der Waals surface area (Å²) >= 11 is 0. The molecule has 0 aliphatic heterocycles. The molecule has 1 unspecified atom stereocenters. The molecule has 0 aromatic rings. The summed E-state index contributed by atoms with van der Waals surface area (Å²) in [5.74, 6) is -0.908. The fraction of sp³-hybridized carbons (Fsp3) is 0.732. The van der Waals surface area contributed by atoms with Crippen molar-refractivity contribution in [2.45, 2.75) is 322 Å². The number of ether oxygens (including phenoxy) is 3. The molecule has 0 aliphatic carbocycles. The number of hydrogen-bond donors (Lipinski definition) is 0. The summed E-state index contributed by atoms with van der Waals surface area (Å²) in [6.07, 6.45) is 86.8. The summed E-state index contributed by atoms with van der Waals surface area (Å²) in [5.41, 5.74) is 0. The molecule has 0 aromatic carbocycles. The van der Waals surface area contributed by atoms with Crippen molar-refractivity contribution in [1.82, 2.24) is 0 Å². The molecule has 0 bridgehead atoms. The van der Waals surface area contributed by atoms with Gasteiger partial charge < -0.3 is 14.2 Å². The summed E-state index contributed by atoms with van der Waals surface area (Å²) in [5, 5.41) is 0. The summed E-state index contributed by atoms with van der Waals surface area (Å²) in [6, 6.07) is 0. The van der Waals surface area contributed by atoms with Gasteiger partial charge in [-0.2, -0.15) is 0 Å². The first-order valence-corrected chi connectivity index (χ1v) is 32.7. The molecule has 0 fully saturated rings. The van der Waals surface area contributed by atoms with Gasteiger partial charge in [-0.25, -0.2) is 0 Å². The van der Waals surface area contributed by atoms with E-state index < -0.39 is 6.10 Å². The zero-order valence-corrected chi connectivity index (χ0v) is 50.7. The lowest BCUT2D eigenvalue weighted by molar-refractivity contribution is -0.167. The molecule has 0 amide bonds. The average molecular weight is 1070 g/mol. The van der Waals surface area contributed by atoms with Crippen molar-refractivity contribution in [3.8, 4) is 0 Å². The van der Waals surface area contributed by atoms with E-state index in [1.165, 1.54) is 167 Å². The summed E-state index contributed by atoms with van der Waals surface area (Å²) in [7, 11) is 0. The Hall–Kier alpha value is -3.67. The first-order valence-electron chi connectivity index (χ1n) is 32.7. The van der Waals surface area contributed by atoms with Gasteiger partial charge in [0.05, 0.1) is 0 Å². The van der Waals surface area contributed by atoms with Crippen LogP contribution in [0.2, 0.25) is 0 Å². The Balaban J connectivity index is 4.44. The minimum Gasteiger partial charge on any atom is -0.462 e. The van der Waals surface area contributed by atoms with Crippen LogP contribution in [-0.4, -0.2) is 37.2 Å². The van der Waals surface area contributed by atoms with Crippen molar-refractivity contribution >= 4 is 17.9 Å². The molecular formula is C71H122O6. The zero-order valence-electron chi connectivity index (χ0n) is 50.7. The number of hydrogen-bond acceptors (Lipinski definition) is 6. The largest absolute Gasteiger partial charge is 0.462 e. The molecule has 0 radical (unpaired) electrons. The average Bonchev–Trinajstić information content (AvgIpc) is 3.43. The van der Waals surface area contributed by atoms with Crippen LogP contribution in [0.3, 0.4) is 0 Å². The van der Waals surface area contributed by atoms with Gasteiger partial charge in [0, 0.05) is 19.3 Å². The van der Waals surface area contributed by atoms with Gasteiger partial charge in [0.1, 0.15) is 13.2 Å². The molecule has 0 aliphatic rings. The van der Waals surface area contributed by atoms with Gasteiger partial charge in [-0.15, -0.1) is 0 Å². The van der Waals surface area contributed by atoms with Crippen LogP contribution in [0.25, 0.3) is 0 Å². The van der Waals surface area contributed by atoms with E-state index in [0.29, 0.717) is 19.3 Å². The fourth-order valence-electron chi connectivity index (χ4n) is 9.08. The second kappa shape index (κ2) is 64.9. The molecule has 0 rings (SSSR count). The van der Waals surface area contributed by atoms with Crippen LogP contribution in [0.1, 0.15) is 316 Å². The Bertz CT molecular complexity index is 1510. The number of unbranched alkanes of at least 4 members (excludes halogenated alkanes) is 32. The van der Waals surface area contributed by atoms with E-state index in [1.807, 2.05) is 0 Å². The SMILES string of the molecule is CCCCC/C=C\C/C=C\C/C=C\CCCCCCCCC(=O)OC(COC(=O)CCCCCCCC/C=C\C/C=C\C/C=C\CCCCCCC)COC(=O)CCCCCCCCCCC/C=C\C/C=C\CCCCC. The molecular weight excluding hydrogens is 949 g/mol. The molecule has 0 aromatic heterocycles. The highest BCUT2D eigenvalue weighted by Gasteiger charge is 2.19. The van der Waals surface area contributed by atoms with Crippen molar-refractivity contribution in [2.75, 3.05) is 13.2 Å². The summed E-state index contributed by atoms with van der Waals surface area (Å²) < 4.78 is 16.9. The normalized spacial score (nSPS) is 12.7. The maximum absolute atomic E-state index is 12.9. The second-order valence-corrected chi connectivity index (χ2v) is 21.7. The Morgan fingerprint density at radius 3 is 0.753 bits per heavy atom. The van der Waals surface area contributed by atoms with Crippen LogP contribution in [-0.2, 0) is 28.6 Å². The third-order valence-electron chi connectivity index (χ3n) is 14.0. The maximum Gasteiger partial charge on any atom is 0.306 e. The first-order chi connectivity index (χ1) is 38.0. The van der Waals surface area contributed by atoms with Crippen LogP contribution in [0, 0.1) is 0 Å². The van der Waals surface area contributed by atoms with E-state index in [4.69, 9.17) is 14.2 Å². The van der Waals surface area contributed by atoms with E-state index in [-0.39, 0.29) is 31.1 Å². The summed E-state index contributed by atoms with van der Waals surface area (Å²) in [4.78, 5) is 38.4. The summed E-state index contributed by atoms with van der Waals surface area (Å²) in [6.45, 7) is 6.58. The van der Waals surface area contributed by atoms with E-state index in [9.17, 15) is 14.4 Å². The van der Waals surface area contributed by atoms with Crippen LogP contribution >= 0.6 is 0 Å². The van der Waals surface area contributed by atoms with Crippen molar-refractivity contribution in [3.63, 3.8) is 0 Å². The van der Waals surface area contributed by atoms with Crippen molar-refractivity contribution in [1.29, 1.82) is 0 Å². The molecule has 6 nitrogen and oxygen atoms in total. The Morgan fingerprint density at radius 1 is 0.260 bits per heavy atom. The minimum absolute atomic E-state index is 0.0894. The topological polar surface area (TPSA) is 78.9 Å². The number of esters is 3. The second-order valence-electron chi connectivity index (χ2n) is 21.7. The zero-order chi connectivity index (χ0) is 55.7. The van der Waals surface area contributed by atoms with Crippen LogP contribution in [0.5, 0.6) is 0 Å². The first kappa shape index (κ1) is 73.3. The highest BCUT2D eigenvalue weighted by molar-refractivity contribution is 5.71. The molecule has 77 heavy (non-hydrogen) atoms. The molecule has 0 saturated heterocycles. The molecule has 442 valence electrons. The van der Waals surface area contributed by atoms with Gasteiger partial charge in [-0.3, -0.25) is 14.4 Å². The Morgan fingerprint density at radius 2 is 0.468 bits per heavy atom. The van der Waals surface area contributed by atoms with Gasteiger partial charge in [0.2, 0.25) is 0 Å². The molecule has 1 atom stereocenters. The minimum atomic E-state index is -0.795. The van der Waals surface area contributed by atoms with Crippen LogP contribution < -0.4 is 0 Å². The Labute approximate surface area is 477 Å². The molecule has 0 heterocycles. The van der Waals surface area contributed by atoms with Gasteiger partial charge in [0.15, 0.2) is 6.10 Å². The van der Waals surface area contributed by atoms with Crippen molar-refractivity contribution in [2.24, 2.45) is 0 Å². The van der Waals surface area contributed by atoms with Gasteiger partial charge in [-0.05, 0) is 128 Å². The lowest BCUT2D eigenvalue weighted by Gasteiger charge is -2.18. The molecule has 0 spiro atoms. The lowest BCUT2D eigenvalue weighted by atomic mass is 10.1. The Kier molecular flexibility index (Phi) is 61.8. The van der Waals surface area contributed by atoms with E-state index >= 15 is 0 Å². The number of carbonyl (C=O) groups is 3. The van der Waals surface area contributed by atoms with Gasteiger partial charge in [0.25, 0.3) is 0 Å². The highest BCUT2D eigenvalue weighted by Crippen LogP contribution is 2.15. The monoisotopic (exact) mass is 1070 g/mol. The number of carbonyl (C=O) groups excluding carboxylic acids is 3. The molecule has 6 heteroatoms. The number of rotatable bonds is 59. The standard InChI is InChI=1S/C71H122O6/c1-4-7-10-13-16-19-22-25-28-31-34-35-38-40-43-46-49-52-55-58-61-64-70(73)76-67-68(77-71(74)65-62-59-56-53-50-47-44-41-37-33-30-27-24-21-18-15-12-9-6-3)66-75-69(72)63-60-57-54-51-48-45-42-39-36-32-29-26-23-20-17-14-11-8-5-2/h17-18,20-22,25-27,29-31,34,37-38,40-41,68H,4-16,19,23-24,28,32-33,35-36,39,42-67H2,1-3H3/b20-17-,21-18-,25-22-,29-26-,30-27-,34-31-,40-38-,41-37-. The van der Waals surface area contributed by atoms with Crippen molar-refractivity contribution in [3.05, 3.63) is 97.2 Å². The molecule has 0 N–H and O–H groups in total. The molecule has 0 saturated carbocycles. The predicted octanol–water partition coefficient (Wildman–Crippen LogP) is 22.4. The van der Waals surface area contributed by atoms with Crippen LogP contribution in [0.4, 0.5) is 0 Å². The van der Waals surface area contributed by atoms with Crippen molar-refractivity contribution < 1.29 is 28.6 Å². The van der Waals surface area contributed by atoms with Gasteiger partial charge >= 0.3 is 17.9 Å². The van der Waals surface area contributed by atoms with E-state index in [1.54, 1.807) is 0 Å². The lowest BCUT2D eigenvalue weighted by Crippen LogP contribution is -2.30. The smallest absolute Gasteiger partial charge is 0.306 e. The van der Waals surface area contributed by atoms with E-state index in [0.717, 1.165) is 109 Å². The maximum atomic E-state index is 12.9. The fourth-order valence-corrected chi connectivity index (χ4v) is 9.08. The quantitative estimate of drug-likeness (QED) is 0.0261. The third kappa shape index (κ3) is 63.0. The third-order valence-corrected chi connectivity index (χ3v) is 14.0.